The van der Waals surface area contributed by atoms with Crippen LogP contribution in [0.1, 0.15) is 74.9 Å². The Labute approximate surface area is 302 Å². The lowest BCUT2D eigenvalue weighted by atomic mass is 9.96. The van der Waals surface area contributed by atoms with Crippen LogP contribution in [0.5, 0.6) is 0 Å². The minimum atomic E-state index is -1.69. The summed E-state index contributed by atoms with van der Waals surface area (Å²) >= 11 is 0. The van der Waals surface area contributed by atoms with Crippen LogP contribution in [0.3, 0.4) is 0 Å². The Morgan fingerprint density at radius 2 is 1.50 bits per heavy atom. The normalized spacial score (nSPS) is 24.4. The van der Waals surface area contributed by atoms with Gasteiger partial charge < -0.3 is 41.7 Å². The third-order valence-electron chi connectivity index (χ3n) is 9.15. The zero-order chi connectivity index (χ0) is 38.3. The highest BCUT2D eigenvalue weighted by Crippen LogP contribution is 2.26. The maximum atomic E-state index is 13.7. The summed E-state index contributed by atoms with van der Waals surface area (Å²) in [6.07, 6.45) is -1.32. The number of aryl methyl sites for hydroxylation is 1. The van der Waals surface area contributed by atoms with Gasteiger partial charge in [-0.3, -0.25) is 33.6 Å². The number of hydrogen-bond donors (Lipinski definition) is 7. The first kappa shape index (κ1) is 39.5. The molecule has 0 aromatic heterocycles. The van der Waals surface area contributed by atoms with Crippen molar-refractivity contribution in [2.45, 2.75) is 103 Å². The summed E-state index contributed by atoms with van der Waals surface area (Å²) in [5.74, 6) is -6.01. The van der Waals surface area contributed by atoms with Gasteiger partial charge in [0.25, 0.3) is 5.91 Å². The number of benzene rings is 2. The highest BCUT2D eigenvalue weighted by molar-refractivity contribution is 6.00. The van der Waals surface area contributed by atoms with Crippen LogP contribution in [0.25, 0.3) is 11.1 Å². The summed E-state index contributed by atoms with van der Waals surface area (Å²) in [5.41, 5.74) is 3.41. The molecule has 2 aromatic carbocycles. The number of carboxylic acid groups (broad SMARTS) is 1. The maximum absolute atomic E-state index is 13.7. The van der Waals surface area contributed by atoms with Crippen LogP contribution in [0, 0.1) is 12.8 Å². The molecule has 280 valence electrons. The average molecular weight is 721 g/mol. The predicted molar refractivity (Wildman–Crippen MR) is 189 cm³/mol. The zero-order valence-electron chi connectivity index (χ0n) is 30.0. The van der Waals surface area contributed by atoms with Crippen molar-refractivity contribution in [2.24, 2.45) is 5.92 Å². The fraction of sp³-hybridized carbons (Fsp3) is 0.486. The van der Waals surface area contributed by atoms with Gasteiger partial charge >= 0.3 is 5.97 Å². The molecule has 4 rings (SSSR count). The van der Waals surface area contributed by atoms with Gasteiger partial charge in [-0.15, -0.1) is 0 Å². The minimum Gasteiger partial charge on any atom is -0.481 e. The van der Waals surface area contributed by atoms with E-state index in [4.69, 9.17) is 0 Å². The SMILES string of the molecule is Cc1ccc(-c2ccc3cc2CNC(=O)[C@@H]2CCCN2C(=O)[C@H](C)NC(=O)[C@H]([C@@H](C)O)NC(=O)[C@H](CC(=O)O)NC(=O)[C@H](CC(C)C)NC3=O)cc1. The number of amides is 6. The Kier molecular flexibility index (Phi) is 13.1. The monoisotopic (exact) mass is 720 g/mol. The van der Waals surface area contributed by atoms with E-state index in [1.807, 2.05) is 45.0 Å². The van der Waals surface area contributed by atoms with Crippen molar-refractivity contribution >= 4 is 41.4 Å². The Bertz CT molecular complexity index is 1690. The minimum absolute atomic E-state index is 0.00457. The molecular formula is C37H48N6O9. The van der Waals surface area contributed by atoms with Crippen molar-refractivity contribution in [3.63, 3.8) is 0 Å². The Morgan fingerprint density at radius 3 is 2.13 bits per heavy atom. The Balaban J connectivity index is 1.77. The number of aliphatic hydroxyl groups is 1. The molecular weight excluding hydrogens is 672 g/mol. The second kappa shape index (κ2) is 17.3. The molecule has 6 atom stereocenters. The molecule has 1 saturated heterocycles. The summed E-state index contributed by atoms with van der Waals surface area (Å²) in [4.78, 5) is 94.3. The van der Waals surface area contributed by atoms with Gasteiger partial charge in [0.15, 0.2) is 0 Å². The molecule has 0 radical (unpaired) electrons. The average Bonchev–Trinajstić information content (AvgIpc) is 3.58. The van der Waals surface area contributed by atoms with Crippen molar-refractivity contribution in [3.8, 4) is 11.1 Å². The molecule has 0 unspecified atom stereocenters. The van der Waals surface area contributed by atoms with E-state index < -0.39 is 84.1 Å². The molecule has 2 bridgehead atoms. The number of hydrogen-bond acceptors (Lipinski definition) is 8. The number of carbonyl (C=O) groups is 7. The number of fused-ring (bicyclic) bond motifs is 3. The summed E-state index contributed by atoms with van der Waals surface area (Å²) in [6.45, 7) is 8.49. The topological polar surface area (TPSA) is 223 Å². The molecule has 0 aliphatic carbocycles. The molecule has 15 nitrogen and oxygen atoms in total. The van der Waals surface area contributed by atoms with E-state index in [9.17, 15) is 43.8 Å². The van der Waals surface area contributed by atoms with Crippen molar-refractivity contribution in [2.75, 3.05) is 6.54 Å². The molecule has 15 heteroatoms. The lowest BCUT2D eigenvalue weighted by Crippen LogP contribution is -2.61. The van der Waals surface area contributed by atoms with Gasteiger partial charge in [-0.1, -0.05) is 49.7 Å². The first-order valence-corrected chi connectivity index (χ1v) is 17.5. The number of nitrogens with zero attached hydrogens (tertiary/aromatic N) is 1. The van der Waals surface area contributed by atoms with Gasteiger partial charge in [0, 0.05) is 18.7 Å². The van der Waals surface area contributed by atoms with E-state index in [-0.39, 0.29) is 31.0 Å². The van der Waals surface area contributed by atoms with Crippen molar-refractivity contribution in [1.29, 1.82) is 0 Å². The molecule has 2 aromatic rings. The number of carbonyl (C=O) groups excluding carboxylic acids is 6. The van der Waals surface area contributed by atoms with Gasteiger partial charge in [-0.05, 0) is 74.8 Å². The fourth-order valence-corrected chi connectivity index (χ4v) is 6.37. The highest BCUT2D eigenvalue weighted by atomic mass is 16.4. The largest absolute Gasteiger partial charge is 0.481 e. The van der Waals surface area contributed by atoms with Gasteiger partial charge in [-0.25, -0.2) is 0 Å². The summed E-state index contributed by atoms with van der Waals surface area (Å²) in [5, 5.41) is 32.8. The van der Waals surface area contributed by atoms with Gasteiger partial charge in [-0.2, -0.15) is 0 Å². The standard InChI is InChI=1S/C37H48N6O9/c1-19(2)15-27-33(48)41-28(17-30(45)46)34(49)42-31(22(5)44)36(51)39-21(4)37(52)43-14-6-7-29(43)35(50)38-18-25-16-24(32(47)40-27)12-13-26(25)23-10-8-20(3)9-11-23/h8-13,16,19,21-22,27-29,31,44H,6-7,14-15,17-18H2,1-5H3,(H,38,50)(H,39,51)(H,40,47)(H,41,48)(H,42,49)(H,45,46)/t21-,22+,27-,28-,29-,31-/m0/s1. The summed E-state index contributed by atoms with van der Waals surface area (Å²) in [6, 6.07) is 6.14. The summed E-state index contributed by atoms with van der Waals surface area (Å²) in [7, 11) is 0. The number of carboxylic acids is 1. The lowest BCUT2D eigenvalue weighted by molar-refractivity contribution is -0.143. The van der Waals surface area contributed by atoms with Crippen LogP contribution in [0.4, 0.5) is 0 Å². The first-order chi connectivity index (χ1) is 24.5. The quantitative estimate of drug-likeness (QED) is 0.223. The molecule has 2 heterocycles. The third-order valence-corrected chi connectivity index (χ3v) is 9.15. The lowest BCUT2D eigenvalue weighted by Gasteiger charge is -2.29. The second-order valence-corrected chi connectivity index (χ2v) is 13.9. The number of aliphatic hydroxyl groups excluding tert-OH is 1. The van der Waals surface area contributed by atoms with E-state index in [2.05, 4.69) is 26.6 Å². The first-order valence-electron chi connectivity index (χ1n) is 17.5. The highest BCUT2D eigenvalue weighted by Gasteiger charge is 2.38. The van der Waals surface area contributed by atoms with Crippen LogP contribution >= 0.6 is 0 Å². The molecule has 7 N–H and O–H groups in total. The van der Waals surface area contributed by atoms with E-state index in [0.717, 1.165) is 16.7 Å². The van der Waals surface area contributed by atoms with Crippen molar-refractivity contribution < 1.29 is 43.8 Å². The predicted octanol–water partition coefficient (Wildman–Crippen LogP) is 0.757. The molecule has 2 aliphatic rings. The third kappa shape index (κ3) is 9.93. The summed E-state index contributed by atoms with van der Waals surface area (Å²) < 4.78 is 0. The van der Waals surface area contributed by atoms with E-state index in [0.29, 0.717) is 18.4 Å². The van der Waals surface area contributed by atoms with Crippen LogP contribution < -0.4 is 26.6 Å². The van der Waals surface area contributed by atoms with E-state index >= 15 is 0 Å². The second-order valence-electron chi connectivity index (χ2n) is 13.9. The molecule has 0 saturated carbocycles. The number of rotatable bonds is 6. The maximum Gasteiger partial charge on any atom is 0.305 e. The Morgan fingerprint density at radius 1 is 0.846 bits per heavy atom. The van der Waals surface area contributed by atoms with Gasteiger partial charge in [0.05, 0.1) is 12.5 Å². The molecule has 0 spiro atoms. The zero-order valence-corrected chi connectivity index (χ0v) is 30.0. The van der Waals surface area contributed by atoms with Crippen molar-refractivity contribution in [3.05, 3.63) is 59.2 Å². The van der Waals surface area contributed by atoms with E-state index in [1.165, 1.54) is 18.7 Å². The molecule has 52 heavy (non-hydrogen) atoms. The Hall–Kier alpha value is -5.31. The number of aliphatic carboxylic acids is 1. The van der Waals surface area contributed by atoms with Crippen LogP contribution in [0.2, 0.25) is 0 Å². The van der Waals surface area contributed by atoms with Crippen molar-refractivity contribution in [1.82, 2.24) is 31.5 Å². The van der Waals surface area contributed by atoms with Gasteiger partial charge in [0.2, 0.25) is 29.5 Å². The smallest absolute Gasteiger partial charge is 0.305 e. The molecule has 6 amide bonds. The molecule has 2 aliphatic heterocycles. The molecule has 1 fully saturated rings. The van der Waals surface area contributed by atoms with Crippen LogP contribution in [-0.2, 0) is 35.3 Å². The fourth-order valence-electron chi connectivity index (χ4n) is 6.37. The van der Waals surface area contributed by atoms with Crippen LogP contribution in [0.15, 0.2) is 42.5 Å². The number of nitrogens with one attached hydrogen (secondary N) is 5. The van der Waals surface area contributed by atoms with Crippen LogP contribution in [-0.4, -0.2) is 99.4 Å². The van der Waals surface area contributed by atoms with E-state index in [1.54, 1.807) is 18.2 Å². The van der Waals surface area contributed by atoms with Gasteiger partial charge in [0.1, 0.15) is 30.2 Å².